The van der Waals surface area contributed by atoms with Crippen molar-refractivity contribution in [3.8, 4) is 45.7 Å². The van der Waals surface area contributed by atoms with Crippen molar-refractivity contribution in [1.29, 1.82) is 0 Å². The lowest BCUT2D eigenvalue weighted by Crippen LogP contribution is -2.29. The van der Waals surface area contributed by atoms with Crippen LogP contribution in [0.25, 0.3) is 50.7 Å². The predicted molar refractivity (Wildman–Crippen MR) is 205 cm³/mol. The average Bonchev–Trinajstić information content (AvgIpc) is 3.88. The molecule has 1 N–H and O–H groups in total. The maximum Gasteiger partial charge on any atom is 0.264 e. The number of hydrogen-bond acceptors (Lipinski definition) is 10. The Hall–Kier alpha value is -6.82. The topological polar surface area (TPSA) is 150 Å². The Balaban J connectivity index is 1.01. The Labute approximate surface area is 311 Å². The molecule has 12 nitrogen and oxygen atoms in total. The molecule has 0 aliphatic rings. The summed E-state index contributed by atoms with van der Waals surface area (Å²) in [5.41, 5.74) is 6.71. The van der Waals surface area contributed by atoms with Gasteiger partial charge in [0.25, 0.3) is 5.56 Å². The van der Waals surface area contributed by atoms with E-state index in [0.717, 1.165) is 57.1 Å². The molecule has 4 aromatic carbocycles. The lowest BCUT2D eigenvalue weighted by molar-refractivity contribution is 0.297. The zero-order valence-corrected chi connectivity index (χ0v) is 30.2. The second kappa shape index (κ2) is 15.0. The van der Waals surface area contributed by atoms with Crippen LogP contribution in [0.4, 0.5) is 0 Å². The molecule has 268 valence electrons. The standard InChI is InChI=1S/C42H37N9O3/c1-4-5-14-37-36(21-28-15-17-30(18-16-28)34-12-8-9-13-35(34)39-47-49-50-48-39)41(52)51(27(3)45-37)42-43-23-33(24-44-42)53-25-38-26(2)54-40(46-38)32-20-19-29-10-6-7-11-31(29)22-32/h6-13,15-20,22-24H,4-5,14,21,25H2,1-3H3,(H,47,48,49,50). The van der Waals surface area contributed by atoms with Gasteiger partial charge in [-0.3, -0.25) is 4.79 Å². The summed E-state index contributed by atoms with van der Waals surface area (Å²) >= 11 is 0. The van der Waals surface area contributed by atoms with Gasteiger partial charge in [-0.15, -0.1) is 5.10 Å². The fourth-order valence-corrected chi connectivity index (χ4v) is 6.56. The van der Waals surface area contributed by atoms with Gasteiger partial charge in [0.2, 0.25) is 11.8 Å². The zero-order valence-electron chi connectivity index (χ0n) is 30.2. The molecule has 4 aromatic heterocycles. The summed E-state index contributed by atoms with van der Waals surface area (Å²) in [5, 5.41) is 16.7. The highest BCUT2D eigenvalue weighted by molar-refractivity contribution is 5.86. The molecular formula is C42H37N9O3. The maximum atomic E-state index is 14.2. The van der Waals surface area contributed by atoms with E-state index in [1.54, 1.807) is 12.4 Å². The fraction of sp³-hybridized carbons (Fsp3) is 0.190. The van der Waals surface area contributed by atoms with Crippen molar-refractivity contribution in [3.63, 3.8) is 0 Å². The fourth-order valence-electron chi connectivity index (χ4n) is 6.56. The van der Waals surface area contributed by atoms with Crippen LogP contribution in [0, 0.1) is 13.8 Å². The van der Waals surface area contributed by atoms with E-state index < -0.39 is 0 Å². The van der Waals surface area contributed by atoms with Gasteiger partial charge in [-0.1, -0.05) is 92.2 Å². The van der Waals surface area contributed by atoms with Gasteiger partial charge >= 0.3 is 0 Å². The van der Waals surface area contributed by atoms with Crippen LogP contribution in [0.15, 0.2) is 113 Å². The second-order valence-electron chi connectivity index (χ2n) is 13.1. The summed E-state index contributed by atoms with van der Waals surface area (Å²) in [6.07, 6.45) is 6.15. The van der Waals surface area contributed by atoms with Gasteiger partial charge in [-0.05, 0) is 76.7 Å². The molecular weight excluding hydrogens is 679 g/mol. The summed E-state index contributed by atoms with van der Waals surface area (Å²) in [4.78, 5) is 32.9. The molecule has 12 heteroatoms. The number of unbranched alkanes of at least 4 members (excludes halogenated alkanes) is 1. The lowest BCUT2D eigenvalue weighted by atomic mass is 9.96. The van der Waals surface area contributed by atoms with Gasteiger partial charge < -0.3 is 9.15 Å². The van der Waals surface area contributed by atoms with Crippen LogP contribution >= 0.6 is 0 Å². The molecule has 0 fully saturated rings. The van der Waals surface area contributed by atoms with E-state index in [4.69, 9.17) is 19.1 Å². The molecule has 0 amide bonds. The zero-order chi connectivity index (χ0) is 37.0. The number of nitrogens with zero attached hydrogens (tertiary/aromatic N) is 8. The highest BCUT2D eigenvalue weighted by atomic mass is 16.5. The number of benzene rings is 4. The van der Waals surface area contributed by atoms with Crippen molar-refractivity contribution in [2.24, 2.45) is 0 Å². The van der Waals surface area contributed by atoms with Crippen molar-refractivity contribution in [3.05, 3.63) is 148 Å². The molecule has 0 spiro atoms. The summed E-state index contributed by atoms with van der Waals surface area (Å²) in [6.45, 7) is 5.98. The predicted octanol–water partition coefficient (Wildman–Crippen LogP) is 7.81. The Morgan fingerprint density at radius 1 is 0.815 bits per heavy atom. The molecule has 0 atom stereocenters. The Morgan fingerprint density at radius 2 is 1.56 bits per heavy atom. The summed E-state index contributed by atoms with van der Waals surface area (Å²) in [7, 11) is 0. The van der Waals surface area contributed by atoms with Crippen LogP contribution in [0.5, 0.6) is 5.75 Å². The minimum Gasteiger partial charge on any atom is -0.484 e. The highest BCUT2D eigenvalue weighted by Crippen LogP contribution is 2.30. The number of nitrogens with one attached hydrogen (secondary N) is 1. The van der Waals surface area contributed by atoms with E-state index in [9.17, 15) is 4.79 Å². The molecule has 4 heterocycles. The third-order valence-electron chi connectivity index (χ3n) is 9.45. The SMILES string of the molecule is CCCCc1nc(C)n(-c2ncc(OCc3nc(-c4ccc5ccccc5c4)oc3C)cn2)c(=O)c1Cc1ccc(-c2ccccc2-c2nnn[nH]2)cc1. The number of rotatable bonds is 12. The summed E-state index contributed by atoms with van der Waals surface area (Å²) < 4.78 is 13.5. The van der Waals surface area contributed by atoms with Crippen molar-refractivity contribution < 1.29 is 9.15 Å². The molecule has 54 heavy (non-hydrogen) atoms. The first-order chi connectivity index (χ1) is 26.4. The smallest absolute Gasteiger partial charge is 0.264 e. The number of aromatic amines is 1. The molecule has 0 radical (unpaired) electrons. The van der Waals surface area contributed by atoms with Crippen molar-refractivity contribution in [1.82, 2.24) is 45.1 Å². The van der Waals surface area contributed by atoms with Crippen LogP contribution in [0.2, 0.25) is 0 Å². The number of aryl methyl sites for hydroxylation is 3. The van der Waals surface area contributed by atoms with E-state index in [0.29, 0.717) is 53.1 Å². The van der Waals surface area contributed by atoms with E-state index in [1.165, 1.54) is 4.57 Å². The van der Waals surface area contributed by atoms with E-state index >= 15 is 0 Å². The Morgan fingerprint density at radius 3 is 2.31 bits per heavy atom. The molecule has 8 aromatic rings. The number of aromatic nitrogens is 9. The van der Waals surface area contributed by atoms with Gasteiger partial charge in [-0.25, -0.2) is 29.6 Å². The molecule has 8 rings (SSSR count). The number of ether oxygens (including phenoxy) is 1. The highest BCUT2D eigenvalue weighted by Gasteiger charge is 2.19. The molecule has 0 aliphatic carbocycles. The third-order valence-corrected chi connectivity index (χ3v) is 9.45. The first-order valence-corrected chi connectivity index (χ1v) is 17.9. The van der Waals surface area contributed by atoms with Gasteiger partial charge in [0.1, 0.15) is 23.9 Å². The molecule has 0 bridgehead atoms. The average molecular weight is 716 g/mol. The van der Waals surface area contributed by atoms with Crippen LogP contribution in [0.3, 0.4) is 0 Å². The quantitative estimate of drug-likeness (QED) is 0.133. The van der Waals surface area contributed by atoms with Crippen LogP contribution in [-0.4, -0.2) is 45.1 Å². The molecule has 0 aliphatic heterocycles. The molecule has 0 saturated carbocycles. The summed E-state index contributed by atoms with van der Waals surface area (Å²) in [5.74, 6) is 2.99. The number of fused-ring (bicyclic) bond motifs is 1. The van der Waals surface area contributed by atoms with Crippen molar-refractivity contribution >= 4 is 10.8 Å². The Kier molecular flexibility index (Phi) is 9.54. The largest absolute Gasteiger partial charge is 0.484 e. The van der Waals surface area contributed by atoms with Crippen molar-refractivity contribution in [2.75, 3.05) is 0 Å². The van der Waals surface area contributed by atoms with Crippen LogP contribution < -0.4 is 10.3 Å². The lowest BCUT2D eigenvalue weighted by Gasteiger charge is -2.15. The van der Waals surface area contributed by atoms with Gasteiger partial charge in [-0.2, -0.15) is 0 Å². The third kappa shape index (κ3) is 7.01. The van der Waals surface area contributed by atoms with E-state index in [2.05, 4.69) is 73.9 Å². The molecule has 0 unspecified atom stereocenters. The van der Waals surface area contributed by atoms with Crippen LogP contribution in [-0.2, 0) is 19.4 Å². The first kappa shape index (κ1) is 34.3. The first-order valence-electron chi connectivity index (χ1n) is 17.9. The summed E-state index contributed by atoms with van der Waals surface area (Å²) in [6, 6.07) is 30.4. The van der Waals surface area contributed by atoms with Gasteiger partial charge in [0.05, 0.1) is 18.1 Å². The number of H-pyrrole nitrogens is 1. The van der Waals surface area contributed by atoms with Crippen LogP contribution in [0.1, 0.15) is 53.9 Å². The van der Waals surface area contributed by atoms with Gasteiger partial charge in [0, 0.05) is 23.1 Å². The number of oxazole rings is 1. The normalized spacial score (nSPS) is 11.3. The maximum absolute atomic E-state index is 14.2. The Bertz CT molecular complexity index is 2610. The number of tetrazole rings is 1. The second-order valence-corrected chi connectivity index (χ2v) is 13.1. The molecule has 0 saturated heterocycles. The van der Waals surface area contributed by atoms with Crippen molar-refractivity contribution in [2.45, 2.75) is 53.1 Å². The van der Waals surface area contributed by atoms with E-state index in [-0.39, 0.29) is 18.1 Å². The van der Waals surface area contributed by atoms with E-state index in [1.807, 2.05) is 68.4 Å². The van der Waals surface area contributed by atoms with Gasteiger partial charge in [0.15, 0.2) is 11.6 Å². The number of hydrogen-bond donors (Lipinski definition) is 1. The monoisotopic (exact) mass is 715 g/mol. The minimum atomic E-state index is -0.186. The minimum absolute atomic E-state index is 0.171.